The van der Waals surface area contributed by atoms with E-state index in [1.165, 1.54) is 0 Å². The first-order chi connectivity index (χ1) is 7.64. The minimum atomic E-state index is -0.708. The summed E-state index contributed by atoms with van der Waals surface area (Å²) in [6.45, 7) is 6.78. The van der Waals surface area contributed by atoms with Crippen molar-refractivity contribution in [3.05, 3.63) is 0 Å². The molecule has 3 atom stereocenters. The number of aliphatic hydroxyl groups excluding tert-OH is 2. The normalized spacial score (nSPS) is 18.5. The average molecular weight is 246 g/mol. The van der Waals surface area contributed by atoms with E-state index in [9.17, 15) is 10.2 Å². The Hall–Kier alpha value is -0.160. The van der Waals surface area contributed by atoms with Crippen LogP contribution in [0.5, 0.6) is 0 Å². The van der Waals surface area contributed by atoms with Gasteiger partial charge in [0.15, 0.2) is 0 Å². The first-order valence-corrected chi connectivity index (χ1v) is 6.31. The quantitative estimate of drug-likeness (QED) is 0.692. The lowest BCUT2D eigenvalue weighted by Crippen LogP contribution is -2.55. The molecule has 2 N–H and O–H groups in total. The summed E-state index contributed by atoms with van der Waals surface area (Å²) in [6, 6.07) is 0.189. The van der Waals surface area contributed by atoms with Gasteiger partial charge < -0.3 is 20.0 Å². The average Bonchev–Trinajstić information content (AvgIpc) is 2.22. The number of nitrogens with zero attached hydrogens (tertiary/aromatic N) is 2. The molecule has 0 bridgehead atoms. The first-order valence-electron chi connectivity index (χ1n) is 6.31. The monoisotopic (exact) mass is 246 g/mol. The Morgan fingerprint density at radius 3 is 1.82 bits per heavy atom. The van der Waals surface area contributed by atoms with E-state index in [0.717, 1.165) is 6.54 Å². The molecule has 0 rings (SSSR count). The van der Waals surface area contributed by atoms with Crippen LogP contribution >= 0.6 is 0 Å². The zero-order valence-electron chi connectivity index (χ0n) is 12.4. The van der Waals surface area contributed by atoms with Crippen LogP contribution in [0, 0.1) is 5.41 Å². The molecule has 0 fully saturated rings. The third-order valence-electron chi connectivity index (χ3n) is 3.57. The highest BCUT2D eigenvalue weighted by Gasteiger charge is 2.40. The Labute approximate surface area is 106 Å². The minimum absolute atomic E-state index is 0.189. The van der Waals surface area contributed by atoms with Gasteiger partial charge in [0.1, 0.15) is 0 Å². The lowest BCUT2D eigenvalue weighted by atomic mass is 9.75. The third-order valence-corrected chi connectivity index (χ3v) is 3.57. The number of aliphatic hydroxyl groups is 2. The fourth-order valence-electron chi connectivity index (χ4n) is 2.33. The maximum atomic E-state index is 10.3. The molecular formula is C13H30N2O2. The summed E-state index contributed by atoms with van der Waals surface area (Å²) in [5, 5.41) is 20.1. The van der Waals surface area contributed by atoms with E-state index >= 15 is 0 Å². The van der Waals surface area contributed by atoms with Crippen LogP contribution in [0.1, 0.15) is 27.2 Å². The molecule has 104 valence electrons. The summed E-state index contributed by atoms with van der Waals surface area (Å²) < 4.78 is 0. The first kappa shape index (κ1) is 16.8. The molecule has 0 saturated carbocycles. The van der Waals surface area contributed by atoms with Crippen molar-refractivity contribution in [1.82, 2.24) is 9.80 Å². The SMILES string of the molecule is CCC(O)C(O)C(C)(C)C(CN(C)C)N(C)C. The summed E-state index contributed by atoms with van der Waals surface area (Å²) >= 11 is 0. The van der Waals surface area contributed by atoms with E-state index in [1.54, 1.807) is 0 Å². The number of likely N-dealkylation sites (N-methyl/N-ethyl adjacent to an activating group) is 2. The molecule has 4 nitrogen and oxygen atoms in total. The molecule has 17 heavy (non-hydrogen) atoms. The van der Waals surface area contributed by atoms with E-state index in [1.807, 2.05) is 49.0 Å². The van der Waals surface area contributed by atoms with Crippen molar-refractivity contribution in [3.63, 3.8) is 0 Å². The third kappa shape index (κ3) is 4.54. The van der Waals surface area contributed by atoms with Gasteiger partial charge >= 0.3 is 0 Å². The standard InChI is InChI=1S/C13H30N2O2/c1-8-10(16)12(17)13(2,3)11(15(6)7)9-14(4)5/h10-12,16-17H,8-9H2,1-7H3. The highest BCUT2D eigenvalue weighted by Crippen LogP contribution is 2.31. The van der Waals surface area contributed by atoms with Crippen LogP contribution in [-0.4, -0.2) is 73.0 Å². The molecule has 0 aliphatic carbocycles. The predicted molar refractivity (Wildman–Crippen MR) is 72.1 cm³/mol. The summed E-state index contributed by atoms with van der Waals surface area (Å²) in [5.74, 6) is 0. The molecule has 3 unspecified atom stereocenters. The molecule has 0 aromatic carbocycles. The van der Waals surface area contributed by atoms with Crippen LogP contribution in [-0.2, 0) is 0 Å². The van der Waals surface area contributed by atoms with Gasteiger partial charge in [-0.3, -0.25) is 0 Å². The van der Waals surface area contributed by atoms with Crippen LogP contribution in [0.3, 0.4) is 0 Å². The molecule has 0 amide bonds. The highest BCUT2D eigenvalue weighted by atomic mass is 16.3. The lowest BCUT2D eigenvalue weighted by Gasteiger charge is -2.44. The number of rotatable bonds is 7. The molecule has 0 saturated heterocycles. The van der Waals surface area contributed by atoms with Gasteiger partial charge in [-0.15, -0.1) is 0 Å². The Bertz CT molecular complexity index is 217. The molecule has 4 heteroatoms. The largest absolute Gasteiger partial charge is 0.390 e. The van der Waals surface area contributed by atoms with Gasteiger partial charge in [-0.25, -0.2) is 0 Å². The van der Waals surface area contributed by atoms with E-state index in [-0.39, 0.29) is 11.5 Å². The van der Waals surface area contributed by atoms with Crippen molar-refractivity contribution in [3.8, 4) is 0 Å². The second kappa shape index (κ2) is 6.69. The van der Waals surface area contributed by atoms with E-state index in [2.05, 4.69) is 9.80 Å². The highest BCUT2D eigenvalue weighted by molar-refractivity contribution is 4.93. The molecule has 0 aliphatic heterocycles. The summed E-state index contributed by atoms with van der Waals surface area (Å²) in [7, 11) is 8.08. The van der Waals surface area contributed by atoms with Crippen LogP contribution in [0.2, 0.25) is 0 Å². The maximum absolute atomic E-state index is 10.3. The van der Waals surface area contributed by atoms with Gasteiger partial charge in [0.2, 0.25) is 0 Å². The van der Waals surface area contributed by atoms with E-state index in [0.29, 0.717) is 6.42 Å². The van der Waals surface area contributed by atoms with Gasteiger partial charge in [0, 0.05) is 18.0 Å². The van der Waals surface area contributed by atoms with Gasteiger partial charge in [-0.1, -0.05) is 20.8 Å². The van der Waals surface area contributed by atoms with Crippen molar-refractivity contribution in [1.29, 1.82) is 0 Å². The molecule has 0 heterocycles. The Morgan fingerprint density at radius 1 is 1.06 bits per heavy atom. The smallest absolute Gasteiger partial charge is 0.0865 e. The summed E-state index contributed by atoms with van der Waals surface area (Å²) in [6.07, 6.45) is -0.790. The van der Waals surface area contributed by atoms with Gasteiger partial charge in [-0.05, 0) is 34.6 Å². The lowest BCUT2D eigenvalue weighted by molar-refractivity contribution is -0.0847. The minimum Gasteiger partial charge on any atom is -0.390 e. The van der Waals surface area contributed by atoms with Gasteiger partial charge in [-0.2, -0.15) is 0 Å². The van der Waals surface area contributed by atoms with Crippen LogP contribution in [0.25, 0.3) is 0 Å². The van der Waals surface area contributed by atoms with Gasteiger partial charge in [0.25, 0.3) is 0 Å². The topological polar surface area (TPSA) is 46.9 Å². The Kier molecular flexibility index (Phi) is 6.62. The summed E-state index contributed by atoms with van der Waals surface area (Å²) in [4.78, 5) is 4.23. The van der Waals surface area contributed by atoms with Crippen molar-refractivity contribution in [2.45, 2.75) is 45.4 Å². The zero-order chi connectivity index (χ0) is 13.8. The fourth-order valence-corrected chi connectivity index (χ4v) is 2.33. The second-order valence-electron chi connectivity index (χ2n) is 5.98. The van der Waals surface area contributed by atoms with Crippen molar-refractivity contribution in [2.75, 3.05) is 34.7 Å². The molecular weight excluding hydrogens is 216 g/mol. The van der Waals surface area contributed by atoms with E-state index in [4.69, 9.17) is 0 Å². The van der Waals surface area contributed by atoms with Crippen molar-refractivity contribution >= 4 is 0 Å². The molecule has 0 spiro atoms. The molecule has 0 aromatic rings. The van der Waals surface area contributed by atoms with Crippen molar-refractivity contribution < 1.29 is 10.2 Å². The van der Waals surface area contributed by atoms with Crippen LogP contribution in [0.4, 0.5) is 0 Å². The fraction of sp³-hybridized carbons (Fsp3) is 1.00. The number of hydrogen-bond donors (Lipinski definition) is 2. The maximum Gasteiger partial charge on any atom is 0.0865 e. The molecule has 0 radical (unpaired) electrons. The van der Waals surface area contributed by atoms with E-state index < -0.39 is 12.2 Å². The number of hydrogen-bond acceptors (Lipinski definition) is 4. The van der Waals surface area contributed by atoms with Crippen molar-refractivity contribution in [2.24, 2.45) is 5.41 Å². The molecule has 0 aromatic heterocycles. The predicted octanol–water partition coefficient (Wildman–Crippen LogP) is 0.636. The Balaban J connectivity index is 4.93. The van der Waals surface area contributed by atoms with Gasteiger partial charge in [0.05, 0.1) is 12.2 Å². The molecule has 0 aliphatic rings. The van der Waals surface area contributed by atoms with Crippen LogP contribution < -0.4 is 0 Å². The summed E-state index contributed by atoms with van der Waals surface area (Å²) in [5.41, 5.74) is -0.358. The Morgan fingerprint density at radius 2 is 1.53 bits per heavy atom. The van der Waals surface area contributed by atoms with Crippen LogP contribution in [0.15, 0.2) is 0 Å². The zero-order valence-corrected chi connectivity index (χ0v) is 12.4. The second-order valence-corrected chi connectivity index (χ2v) is 5.98.